The average molecular weight is 262 g/mol. The van der Waals surface area contributed by atoms with Crippen LogP contribution in [0.2, 0.25) is 0 Å². The fourth-order valence-electron chi connectivity index (χ4n) is 1.87. The number of H-pyrrole nitrogens is 2. The number of aromatic hydroxyl groups is 1. The van der Waals surface area contributed by atoms with Crippen molar-refractivity contribution < 1.29 is 5.11 Å². The van der Waals surface area contributed by atoms with Gasteiger partial charge in [0.15, 0.2) is 3.95 Å². The smallest absolute Gasteiger partial charge is 0.204 e. The van der Waals surface area contributed by atoms with Gasteiger partial charge in [0.2, 0.25) is 5.88 Å². The normalized spacial score (nSPS) is 11.1. The first-order chi connectivity index (χ1) is 8.22. The highest BCUT2D eigenvalue weighted by atomic mass is 32.1. The van der Waals surface area contributed by atoms with Crippen molar-refractivity contribution in [2.24, 2.45) is 0 Å². The van der Waals surface area contributed by atoms with Gasteiger partial charge in [-0.05, 0) is 29.7 Å². The Morgan fingerprint density at radius 3 is 2.76 bits per heavy atom. The Kier molecular flexibility index (Phi) is 2.49. The summed E-state index contributed by atoms with van der Waals surface area (Å²) >= 11 is 6.40. The second-order valence-corrected chi connectivity index (χ2v) is 5.62. The van der Waals surface area contributed by atoms with E-state index in [0.29, 0.717) is 10.4 Å². The number of hydrogen-bond donors (Lipinski definition) is 3. The van der Waals surface area contributed by atoms with E-state index >= 15 is 0 Å². The summed E-state index contributed by atoms with van der Waals surface area (Å²) in [4.78, 5) is 6.93. The van der Waals surface area contributed by atoms with Gasteiger partial charge in [0.25, 0.3) is 0 Å². The largest absolute Gasteiger partial charge is 0.494 e. The molecule has 1 aromatic carbocycles. The average Bonchev–Trinajstić information content (AvgIpc) is 2.82. The fourth-order valence-corrected chi connectivity index (χ4v) is 3.02. The number of benzene rings is 1. The van der Waals surface area contributed by atoms with Crippen LogP contribution in [0.25, 0.3) is 10.9 Å². The summed E-state index contributed by atoms with van der Waals surface area (Å²) in [5, 5.41) is 10.8. The van der Waals surface area contributed by atoms with Crippen LogP contribution in [0, 0.1) is 3.95 Å². The molecule has 2 heterocycles. The predicted octanol–water partition coefficient (Wildman–Crippen LogP) is 3.58. The van der Waals surface area contributed by atoms with Crippen molar-refractivity contribution >= 4 is 34.5 Å². The molecule has 0 saturated heterocycles. The summed E-state index contributed by atoms with van der Waals surface area (Å²) in [5.41, 5.74) is 2.19. The molecule has 0 radical (unpaired) electrons. The minimum Gasteiger partial charge on any atom is -0.494 e. The predicted molar refractivity (Wildman–Crippen MR) is 72.3 cm³/mol. The SMILES string of the molecule is Oc1[nH]c(=S)sc1Cc1cc2ccccc2[nH]1. The summed E-state index contributed by atoms with van der Waals surface area (Å²) in [6.07, 6.45) is 0.665. The standard InChI is InChI=1S/C12H10N2OS2/c15-11-10(17-12(16)14-11)6-8-5-7-3-1-2-4-9(7)13-8/h1-5,13,15H,6H2,(H,14,16). The second kappa shape index (κ2) is 4.01. The van der Waals surface area contributed by atoms with Gasteiger partial charge in [0.1, 0.15) is 0 Å². The molecule has 0 bridgehead atoms. The Hall–Kier alpha value is -1.59. The molecule has 0 aliphatic heterocycles. The van der Waals surface area contributed by atoms with Crippen LogP contribution in [0.15, 0.2) is 30.3 Å². The minimum absolute atomic E-state index is 0.179. The summed E-state index contributed by atoms with van der Waals surface area (Å²) < 4.78 is 0.605. The van der Waals surface area contributed by atoms with Gasteiger partial charge < -0.3 is 15.1 Å². The number of rotatable bonds is 2. The quantitative estimate of drug-likeness (QED) is 0.618. The Labute approximate surface area is 107 Å². The van der Waals surface area contributed by atoms with Crippen molar-refractivity contribution in [2.45, 2.75) is 6.42 Å². The Morgan fingerprint density at radius 1 is 1.24 bits per heavy atom. The molecule has 0 aliphatic carbocycles. The van der Waals surface area contributed by atoms with Crippen LogP contribution in [-0.2, 0) is 6.42 Å². The van der Waals surface area contributed by atoms with E-state index in [1.807, 2.05) is 18.2 Å². The van der Waals surface area contributed by atoms with E-state index in [1.54, 1.807) is 0 Å². The van der Waals surface area contributed by atoms with E-state index in [9.17, 15) is 5.11 Å². The maximum atomic E-state index is 9.64. The Balaban J connectivity index is 2.00. The zero-order chi connectivity index (χ0) is 11.8. The van der Waals surface area contributed by atoms with Crippen molar-refractivity contribution in [3.63, 3.8) is 0 Å². The third kappa shape index (κ3) is 1.99. The molecule has 0 fully saturated rings. The number of nitrogens with one attached hydrogen (secondary N) is 2. The lowest BCUT2D eigenvalue weighted by Gasteiger charge is -1.94. The first kappa shape index (κ1) is 10.6. The van der Waals surface area contributed by atoms with Crippen LogP contribution in [-0.4, -0.2) is 15.1 Å². The molecule has 2 aromatic heterocycles. The number of para-hydroxylation sites is 1. The Morgan fingerprint density at radius 2 is 2.06 bits per heavy atom. The first-order valence-corrected chi connectivity index (χ1v) is 6.42. The van der Waals surface area contributed by atoms with E-state index in [1.165, 1.54) is 16.7 Å². The van der Waals surface area contributed by atoms with E-state index in [-0.39, 0.29) is 5.88 Å². The lowest BCUT2D eigenvalue weighted by atomic mass is 10.2. The van der Waals surface area contributed by atoms with Gasteiger partial charge in [-0.25, -0.2) is 0 Å². The lowest BCUT2D eigenvalue weighted by molar-refractivity contribution is 0.451. The maximum absolute atomic E-state index is 9.64. The molecule has 5 heteroatoms. The van der Waals surface area contributed by atoms with Gasteiger partial charge in [-0.3, -0.25) is 0 Å². The van der Waals surface area contributed by atoms with Crippen molar-refractivity contribution in [3.8, 4) is 5.88 Å². The van der Waals surface area contributed by atoms with Crippen molar-refractivity contribution in [1.82, 2.24) is 9.97 Å². The molecule has 0 aliphatic rings. The maximum Gasteiger partial charge on any atom is 0.204 e. The van der Waals surface area contributed by atoms with Gasteiger partial charge in [-0.1, -0.05) is 18.2 Å². The van der Waals surface area contributed by atoms with E-state index in [4.69, 9.17) is 12.2 Å². The fraction of sp³-hybridized carbons (Fsp3) is 0.0833. The van der Waals surface area contributed by atoms with Gasteiger partial charge in [0, 0.05) is 17.6 Å². The van der Waals surface area contributed by atoms with E-state index < -0.39 is 0 Å². The molecule has 3 nitrogen and oxygen atoms in total. The van der Waals surface area contributed by atoms with Crippen LogP contribution in [0.1, 0.15) is 10.6 Å². The molecule has 3 rings (SSSR count). The molecule has 17 heavy (non-hydrogen) atoms. The van der Waals surface area contributed by atoms with Gasteiger partial charge >= 0.3 is 0 Å². The highest BCUT2D eigenvalue weighted by Gasteiger charge is 2.08. The van der Waals surface area contributed by atoms with Crippen LogP contribution in [0.4, 0.5) is 0 Å². The summed E-state index contributed by atoms with van der Waals surface area (Å²) in [5.74, 6) is 0.179. The molecule has 3 N–H and O–H groups in total. The van der Waals surface area contributed by atoms with Crippen molar-refractivity contribution in [3.05, 3.63) is 44.9 Å². The van der Waals surface area contributed by atoms with Gasteiger partial charge in [-0.15, -0.1) is 11.3 Å². The second-order valence-electron chi connectivity index (χ2n) is 3.84. The molecular formula is C12H10N2OS2. The van der Waals surface area contributed by atoms with Crippen LogP contribution >= 0.6 is 23.6 Å². The van der Waals surface area contributed by atoms with E-state index in [2.05, 4.69) is 22.1 Å². The lowest BCUT2D eigenvalue weighted by Crippen LogP contribution is -1.84. The van der Waals surface area contributed by atoms with Gasteiger partial charge in [0.05, 0.1) is 4.88 Å². The van der Waals surface area contributed by atoms with Crippen LogP contribution in [0.5, 0.6) is 5.88 Å². The first-order valence-electron chi connectivity index (χ1n) is 5.20. The molecule has 86 valence electrons. The molecule has 0 atom stereocenters. The molecular weight excluding hydrogens is 252 g/mol. The zero-order valence-electron chi connectivity index (χ0n) is 8.86. The van der Waals surface area contributed by atoms with E-state index in [0.717, 1.165) is 16.1 Å². The monoisotopic (exact) mass is 262 g/mol. The zero-order valence-corrected chi connectivity index (χ0v) is 10.5. The number of aromatic amines is 2. The highest BCUT2D eigenvalue weighted by molar-refractivity contribution is 7.73. The molecule has 0 unspecified atom stereocenters. The number of hydrogen-bond acceptors (Lipinski definition) is 3. The third-order valence-corrected chi connectivity index (χ3v) is 3.86. The molecule has 0 amide bonds. The van der Waals surface area contributed by atoms with Crippen LogP contribution in [0.3, 0.4) is 0 Å². The molecule has 0 saturated carbocycles. The minimum atomic E-state index is 0.179. The van der Waals surface area contributed by atoms with Gasteiger partial charge in [-0.2, -0.15) is 0 Å². The molecule has 3 aromatic rings. The van der Waals surface area contributed by atoms with Crippen LogP contribution < -0.4 is 0 Å². The molecule has 0 spiro atoms. The summed E-state index contributed by atoms with van der Waals surface area (Å²) in [6.45, 7) is 0. The highest BCUT2D eigenvalue weighted by Crippen LogP contribution is 2.25. The topological polar surface area (TPSA) is 51.8 Å². The summed E-state index contributed by atoms with van der Waals surface area (Å²) in [7, 11) is 0. The number of aromatic nitrogens is 2. The number of thiazole rings is 1. The van der Waals surface area contributed by atoms with Crippen molar-refractivity contribution in [2.75, 3.05) is 0 Å². The Bertz CT molecular complexity index is 690. The number of fused-ring (bicyclic) bond motifs is 1. The van der Waals surface area contributed by atoms with Crippen molar-refractivity contribution in [1.29, 1.82) is 0 Å². The third-order valence-electron chi connectivity index (χ3n) is 2.64. The summed E-state index contributed by atoms with van der Waals surface area (Å²) in [6, 6.07) is 10.2.